The molecule has 0 bridgehead atoms. The van der Waals surface area contributed by atoms with Gasteiger partial charge in [-0.05, 0) is 48.9 Å². The Morgan fingerprint density at radius 3 is 2.48 bits per heavy atom. The van der Waals surface area contributed by atoms with Crippen LogP contribution in [0.3, 0.4) is 0 Å². The van der Waals surface area contributed by atoms with Crippen molar-refractivity contribution in [2.45, 2.75) is 64.6 Å². The molecule has 1 aromatic heterocycles. The summed E-state index contributed by atoms with van der Waals surface area (Å²) in [6, 6.07) is 15.1. The van der Waals surface area contributed by atoms with E-state index < -0.39 is 6.04 Å². The zero-order valence-electron chi connectivity index (χ0n) is 19.2. The number of aromatic nitrogens is 2. The molecule has 1 N–H and O–H groups in total. The lowest BCUT2D eigenvalue weighted by Gasteiger charge is -2.33. The van der Waals surface area contributed by atoms with E-state index in [9.17, 15) is 9.59 Å². The highest BCUT2D eigenvalue weighted by Crippen LogP contribution is 2.27. The normalized spacial score (nSPS) is 15.1. The average molecular weight is 463 g/mol. The molecule has 3 aromatic rings. The minimum absolute atomic E-state index is 0.145. The highest BCUT2D eigenvalue weighted by atomic mass is 32.1. The van der Waals surface area contributed by atoms with Crippen LogP contribution in [0.1, 0.15) is 70.9 Å². The summed E-state index contributed by atoms with van der Waals surface area (Å²) in [5.41, 5.74) is 4.36. The Morgan fingerprint density at radius 2 is 1.82 bits per heavy atom. The fraction of sp³-hybridized carbons (Fsp3) is 0.385. The van der Waals surface area contributed by atoms with E-state index in [1.54, 1.807) is 4.90 Å². The number of amides is 2. The second-order valence-electron chi connectivity index (χ2n) is 8.80. The van der Waals surface area contributed by atoms with Crippen molar-refractivity contribution in [3.63, 3.8) is 0 Å². The van der Waals surface area contributed by atoms with Crippen molar-refractivity contribution in [1.82, 2.24) is 19.0 Å². The largest absolute Gasteiger partial charge is 0.351 e. The van der Waals surface area contributed by atoms with Crippen molar-refractivity contribution >= 4 is 23.5 Å². The summed E-state index contributed by atoms with van der Waals surface area (Å²) in [5, 5.41) is 3.24. The van der Waals surface area contributed by atoms with Crippen LogP contribution in [0.4, 0.5) is 0 Å². The SMILES string of the molecule is Cc1ccc(CN(C(=O)c2cnsn2)C(C(=O)NC2CCCCC2)c2ccccc2)cc1C. The summed E-state index contributed by atoms with van der Waals surface area (Å²) < 4.78 is 8.18. The monoisotopic (exact) mass is 462 g/mol. The third kappa shape index (κ3) is 5.66. The molecule has 2 amide bonds. The second kappa shape index (κ2) is 10.7. The van der Waals surface area contributed by atoms with Gasteiger partial charge in [-0.25, -0.2) is 0 Å². The first-order chi connectivity index (χ1) is 16.0. The van der Waals surface area contributed by atoms with E-state index in [1.165, 1.54) is 18.2 Å². The fourth-order valence-electron chi connectivity index (χ4n) is 4.42. The molecule has 0 aliphatic heterocycles. The van der Waals surface area contributed by atoms with Crippen molar-refractivity contribution in [2.75, 3.05) is 0 Å². The van der Waals surface area contributed by atoms with Gasteiger partial charge in [0, 0.05) is 12.6 Å². The first-order valence-corrected chi connectivity index (χ1v) is 12.3. The summed E-state index contributed by atoms with van der Waals surface area (Å²) in [6.07, 6.45) is 6.89. The predicted octanol–water partition coefficient (Wildman–Crippen LogP) is 4.99. The van der Waals surface area contributed by atoms with Gasteiger partial charge in [-0.3, -0.25) is 9.59 Å². The molecule has 33 heavy (non-hydrogen) atoms. The highest BCUT2D eigenvalue weighted by molar-refractivity contribution is 6.99. The number of rotatable bonds is 7. The van der Waals surface area contributed by atoms with Gasteiger partial charge in [0.15, 0.2) is 5.69 Å². The first kappa shape index (κ1) is 23.1. The maximum absolute atomic E-state index is 13.7. The average Bonchev–Trinajstić information content (AvgIpc) is 3.37. The van der Waals surface area contributed by atoms with Gasteiger partial charge in [0.1, 0.15) is 6.04 Å². The van der Waals surface area contributed by atoms with Gasteiger partial charge in [0.25, 0.3) is 5.91 Å². The van der Waals surface area contributed by atoms with Gasteiger partial charge < -0.3 is 10.2 Å². The van der Waals surface area contributed by atoms with Gasteiger partial charge in [0.2, 0.25) is 5.91 Å². The standard InChI is InChI=1S/C26H30N4O2S/c1-18-13-14-20(15-19(18)2)17-30(26(32)23-16-27-33-29-23)24(21-9-5-3-6-10-21)25(31)28-22-11-7-4-8-12-22/h3,5-6,9-10,13-16,22,24H,4,7-8,11-12,17H2,1-2H3,(H,28,31). The number of hydrogen-bond acceptors (Lipinski definition) is 5. The van der Waals surface area contributed by atoms with Crippen LogP contribution in [0.25, 0.3) is 0 Å². The predicted molar refractivity (Wildman–Crippen MR) is 130 cm³/mol. The van der Waals surface area contributed by atoms with Crippen LogP contribution in [-0.2, 0) is 11.3 Å². The molecule has 1 atom stereocenters. The maximum atomic E-state index is 13.7. The van der Waals surface area contributed by atoms with Crippen LogP contribution in [-0.4, -0.2) is 31.5 Å². The second-order valence-corrected chi connectivity index (χ2v) is 9.36. The maximum Gasteiger partial charge on any atom is 0.276 e. The molecule has 1 fully saturated rings. The van der Waals surface area contributed by atoms with Crippen molar-refractivity contribution < 1.29 is 9.59 Å². The first-order valence-electron chi connectivity index (χ1n) is 11.5. The van der Waals surface area contributed by atoms with E-state index in [0.717, 1.165) is 54.1 Å². The summed E-state index contributed by atoms with van der Waals surface area (Å²) in [7, 11) is 0. The molecule has 1 saturated carbocycles. The number of nitrogens with zero attached hydrogens (tertiary/aromatic N) is 3. The molecular weight excluding hydrogens is 432 g/mol. The molecule has 2 aromatic carbocycles. The quantitative estimate of drug-likeness (QED) is 0.537. The van der Waals surface area contributed by atoms with Crippen molar-refractivity contribution in [2.24, 2.45) is 0 Å². The Labute approximate surface area is 199 Å². The van der Waals surface area contributed by atoms with Crippen LogP contribution >= 0.6 is 11.7 Å². The van der Waals surface area contributed by atoms with Gasteiger partial charge in [-0.15, -0.1) is 0 Å². The topological polar surface area (TPSA) is 75.2 Å². The highest BCUT2D eigenvalue weighted by Gasteiger charge is 2.34. The molecule has 6 nitrogen and oxygen atoms in total. The van der Waals surface area contributed by atoms with E-state index in [-0.39, 0.29) is 23.6 Å². The van der Waals surface area contributed by atoms with Gasteiger partial charge in [0.05, 0.1) is 17.9 Å². The van der Waals surface area contributed by atoms with Crippen LogP contribution < -0.4 is 5.32 Å². The Kier molecular flexibility index (Phi) is 7.50. The van der Waals surface area contributed by atoms with E-state index in [1.807, 2.05) is 36.4 Å². The van der Waals surface area contributed by atoms with Gasteiger partial charge in [-0.1, -0.05) is 67.8 Å². The molecule has 1 heterocycles. The Bertz CT molecular complexity index is 1080. The smallest absolute Gasteiger partial charge is 0.276 e. The van der Waals surface area contributed by atoms with Crippen molar-refractivity contribution in [3.05, 3.63) is 82.7 Å². The van der Waals surface area contributed by atoms with Crippen LogP contribution in [0.5, 0.6) is 0 Å². The minimum Gasteiger partial charge on any atom is -0.351 e. The van der Waals surface area contributed by atoms with Gasteiger partial charge in [-0.2, -0.15) is 8.75 Å². The Hall–Kier alpha value is -3.06. The van der Waals surface area contributed by atoms with E-state index >= 15 is 0 Å². The van der Waals surface area contributed by atoms with Crippen molar-refractivity contribution in [3.8, 4) is 0 Å². The molecule has 1 aliphatic rings. The molecule has 0 radical (unpaired) electrons. The Balaban J connectivity index is 1.71. The lowest BCUT2D eigenvalue weighted by atomic mass is 9.94. The molecule has 0 saturated heterocycles. The van der Waals surface area contributed by atoms with Crippen LogP contribution in [0.2, 0.25) is 0 Å². The molecule has 7 heteroatoms. The number of benzene rings is 2. The lowest BCUT2D eigenvalue weighted by Crippen LogP contribution is -2.47. The number of carbonyl (C=O) groups is 2. The van der Waals surface area contributed by atoms with E-state index in [4.69, 9.17) is 0 Å². The zero-order chi connectivity index (χ0) is 23.2. The fourth-order valence-corrected chi connectivity index (χ4v) is 4.83. The Morgan fingerprint density at radius 1 is 1.06 bits per heavy atom. The summed E-state index contributed by atoms with van der Waals surface area (Å²) in [4.78, 5) is 29.0. The molecule has 172 valence electrons. The number of carbonyl (C=O) groups excluding carboxylic acids is 2. The lowest BCUT2D eigenvalue weighted by molar-refractivity contribution is -0.127. The number of nitrogens with one attached hydrogen (secondary N) is 1. The van der Waals surface area contributed by atoms with E-state index in [0.29, 0.717) is 6.54 Å². The molecular formula is C26H30N4O2S. The minimum atomic E-state index is -0.760. The molecule has 1 unspecified atom stereocenters. The van der Waals surface area contributed by atoms with Gasteiger partial charge >= 0.3 is 0 Å². The third-order valence-electron chi connectivity index (χ3n) is 6.39. The molecule has 1 aliphatic carbocycles. The summed E-state index contributed by atoms with van der Waals surface area (Å²) in [5.74, 6) is -0.442. The van der Waals surface area contributed by atoms with Crippen molar-refractivity contribution in [1.29, 1.82) is 0 Å². The third-order valence-corrected chi connectivity index (χ3v) is 6.87. The van der Waals surface area contributed by atoms with Crippen LogP contribution in [0, 0.1) is 13.8 Å². The number of hydrogen-bond donors (Lipinski definition) is 1. The molecule has 4 rings (SSSR count). The summed E-state index contributed by atoms with van der Waals surface area (Å²) >= 11 is 0.992. The van der Waals surface area contributed by atoms with Crippen LogP contribution in [0.15, 0.2) is 54.7 Å². The zero-order valence-corrected chi connectivity index (χ0v) is 20.0. The molecule has 0 spiro atoms. The van der Waals surface area contributed by atoms with E-state index in [2.05, 4.69) is 40.0 Å². The summed E-state index contributed by atoms with van der Waals surface area (Å²) in [6.45, 7) is 4.42. The number of aryl methyl sites for hydroxylation is 2.